The number of hydrogen-bond acceptors (Lipinski definition) is 6. The van der Waals surface area contributed by atoms with Gasteiger partial charge in [0.05, 0.1) is 6.54 Å². The molecule has 0 fully saturated rings. The van der Waals surface area contributed by atoms with Crippen molar-refractivity contribution in [3.05, 3.63) is 29.6 Å². The van der Waals surface area contributed by atoms with E-state index in [0.717, 1.165) is 36.3 Å². The summed E-state index contributed by atoms with van der Waals surface area (Å²) >= 11 is 1.84. The first-order valence-electron chi connectivity index (χ1n) is 9.33. The number of rotatable bonds is 5. The third kappa shape index (κ3) is 4.37. The number of carbonyl (C=O) groups is 1. The summed E-state index contributed by atoms with van der Waals surface area (Å²) in [5.74, 6) is 2.14. The van der Waals surface area contributed by atoms with Crippen LogP contribution in [0.15, 0.2) is 18.3 Å². The number of aryl methyl sites for hydroxylation is 1. The van der Waals surface area contributed by atoms with Crippen LogP contribution in [0.25, 0.3) is 11.5 Å². The molecule has 8 heteroatoms. The lowest BCUT2D eigenvalue weighted by Crippen LogP contribution is -2.46. The van der Waals surface area contributed by atoms with Gasteiger partial charge in [-0.25, -0.2) is 9.97 Å². The summed E-state index contributed by atoms with van der Waals surface area (Å²) in [4.78, 5) is 30.4. The lowest BCUT2D eigenvalue weighted by molar-refractivity contribution is -0.132. The zero-order valence-electron chi connectivity index (χ0n) is 17.0. The Kier molecular flexibility index (Phi) is 6.07. The minimum absolute atomic E-state index is 0.0559. The van der Waals surface area contributed by atoms with Gasteiger partial charge in [-0.1, -0.05) is 0 Å². The Morgan fingerprint density at radius 1 is 1.25 bits per heavy atom. The number of likely N-dealkylation sites (N-methyl/N-ethyl adjacent to an activating group) is 2. The molecule has 2 heterocycles. The fourth-order valence-electron chi connectivity index (χ4n) is 3.18. The van der Waals surface area contributed by atoms with Gasteiger partial charge in [-0.3, -0.25) is 9.78 Å². The zero-order valence-corrected chi connectivity index (χ0v) is 19.1. The molecule has 0 aromatic carbocycles. The molecule has 150 valence electrons. The molecule has 0 aliphatic heterocycles. The Hall–Kier alpha value is -1.97. The third-order valence-electron chi connectivity index (χ3n) is 5.08. The maximum absolute atomic E-state index is 12.7. The molecule has 28 heavy (non-hydrogen) atoms. The summed E-state index contributed by atoms with van der Waals surface area (Å²) in [6.45, 7) is 6.35. The lowest BCUT2D eigenvalue weighted by atomic mass is 10.1. The van der Waals surface area contributed by atoms with Gasteiger partial charge in [-0.15, -0.1) is 0 Å². The molecule has 0 radical (unpaired) electrons. The van der Waals surface area contributed by atoms with Crippen LogP contribution in [0, 0.1) is 0 Å². The lowest BCUT2D eigenvalue weighted by Gasteiger charge is -2.33. The smallest absolute Gasteiger partial charge is 0.242 e. The molecule has 0 saturated heterocycles. The fraction of sp³-hybridized carbons (Fsp3) is 0.500. The first-order valence-corrected chi connectivity index (χ1v) is 10.2. The molecule has 0 atom stereocenters. The van der Waals surface area contributed by atoms with Gasteiger partial charge in [-0.05, 0) is 46.1 Å². The molecule has 0 spiro atoms. The van der Waals surface area contributed by atoms with Crippen molar-refractivity contribution >= 4 is 34.7 Å². The van der Waals surface area contributed by atoms with E-state index in [2.05, 4.69) is 4.98 Å². The van der Waals surface area contributed by atoms with Gasteiger partial charge in [-0.2, -0.15) is 0 Å². The van der Waals surface area contributed by atoms with E-state index >= 15 is 0 Å². The van der Waals surface area contributed by atoms with Crippen molar-refractivity contribution in [3.63, 3.8) is 0 Å². The standard InChI is InChI=1S/C20H26IN5O2/c1-20(2,3)26(5)17(27)12-25(4)19-14-7-6-8-15(14)23-18(24-19)16-11-13(28-21)9-10-22-16/h9-11H,6-8,12H2,1-5H3. The predicted octanol–water partition coefficient (Wildman–Crippen LogP) is 3.45. The van der Waals surface area contributed by atoms with E-state index in [1.807, 2.05) is 68.8 Å². The summed E-state index contributed by atoms with van der Waals surface area (Å²) in [6, 6.07) is 3.61. The quantitative estimate of drug-likeness (QED) is 0.592. The highest BCUT2D eigenvalue weighted by Gasteiger charge is 2.27. The van der Waals surface area contributed by atoms with Crippen LogP contribution in [0.2, 0.25) is 0 Å². The van der Waals surface area contributed by atoms with Gasteiger partial charge >= 0.3 is 0 Å². The van der Waals surface area contributed by atoms with Crippen molar-refractivity contribution in [1.82, 2.24) is 19.9 Å². The maximum atomic E-state index is 12.7. The maximum Gasteiger partial charge on any atom is 0.242 e. The topological polar surface area (TPSA) is 71.5 Å². The normalized spacial score (nSPS) is 13.2. The monoisotopic (exact) mass is 495 g/mol. The Labute approximate surface area is 180 Å². The van der Waals surface area contributed by atoms with Crippen molar-refractivity contribution in [2.24, 2.45) is 0 Å². The number of fused-ring (bicyclic) bond motifs is 1. The minimum Gasteiger partial charge on any atom is -0.428 e. The van der Waals surface area contributed by atoms with E-state index in [-0.39, 0.29) is 18.0 Å². The number of carbonyl (C=O) groups excluding carboxylic acids is 1. The summed E-state index contributed by atoms with van der Waals surface area (Å²) < 4.78 is 5.27. The van der Waals surface area contributed by atoms with Gasteiger partial charge in [0.25, 0.3) is 0 Å². The molecule has 0 unspecified atom stereocenters. The Morgan fingerprint density at radius 2 is 2.00 bits per heavy atom. The summed E-state index contributed by atoms with van der Waals surface area (Å²) in [7, 11) is 3.75. The van der Waals surface area contributed by atoms with Crippen molar-refractivity contribution in [2.75, 3.05) is 25.5 Å². The highest BCUT2D eigenvalue weighted by molar-refractivity contribution is 14.1. The molecule has 3 rings (SSSR count). The number of amides is 1. The van der Waals surface area contributed by atoms with Crippen LogP contribution in [-0.2, 0) is 17.6 Å². The van der Waals surface area contributed by atoms with Crippen molar-refractivity contribution in [3.8, 4) is 17.3 Å². The number of nitrogens with zero attached hydrogens (tertiary/aromatic N) is 5. The number of anilines is 1. The molecule has 1 aliphatic carbocycles. The van der Waals surface area contributed by atoms with Crippen LogP contribution in [0.1, 0.15) is 38.4 Å². The largest absolute Gasteiger partial charge is 0.428 e. The molecular weight excluding hydrogens is 469 g/mol. The molecule has 0 bridgehead atoms. The number of hydrogen-bond donors (Lipinski definition) is 0. The van der Waals surface area contributed by atoms with Crippen molar-refractivity contribution < 1.29 is 7.86 Å². The van der Waals surface area contributed by atoms with Gasteiger partial charge < -0.3 is 12.9 Å². The van der Waals surface area contributed by atoms with E-state index < -0.39 is 0 Å². The second kappa shape index (κ2) is 8.18. The molecule has 0 saturated carbocycles. The third-order valence-corrected chi connectivity index (χ3v) is 5.58. The average Bonchev–Trinajstić information content (AvgIpc) is 3.14. The molecule has 1 aliphatic rings. The van der Waals surface area contributed by atoms with E-state index in [0.29, 0.717) is 17.3 Å². The molecule has 2 aromatic heterocycles. The van der Waals surface area contributed by atoms with E-state index in [9.17, 15) is 4.79 Å². The second-order valence-corrected chi connectivity index (χ2v) is 8.52. The van der Waals surface area contributed by atoms with Crippen molar-refractivity contribution in [1.29, 1.82) is 0 Å². The van der Waals surface area contributed by atoms with Gasteiger partial charge in [0.2, 0.25) is 5.91 Å². The summed E-state index contributed by atoms with van der Waals surface area (Å²) in [6.07, 6.45) is 4.59. The van der Waals surface area contributed by atoms with E-state index in [1.54, 1.807) is 17.2 Å². The Bertz CT molecular complexity index is 881. The minimum atomic E-state index is -0.222. The van der Waals surface area contributed by atoms with Crippen LogP contribution < -0.4 is 7.97 Å². The summed E-state index contributed by atoms with van der Waals surface area (Å²) in [5.41, 5.74) is 2.63. The number of halogens is 1. The van der Waals surface area contributed by atoms with Crippen LogP contribution in [0.4, 0.5) is 5.82 Å². The fourth-order valence-corrected chi connectivity index (χ4v) is 3.46. The van der Waals surface area contributed by atoms with Crippen LogP contribution in [0.5, 0.6) is 5.75 Å². The molecule has 0 N–H and O–H groups in total. The molecular formula is C20H26IN5O2. The SMILES string of the molecule is CN(CC(=O)N(C)C(C)(C)C)c1nc(-c2cc(OI)ccn2)nc2c1CCC2. The van der Waals surface area contributed by atoms with E-state index in [1.165, 1.54) is 0 Å². The first-order chi connectivity index (χ1) is 13.2. The molecule has 1 amide bonds. The first kappa shape index (κ1) is 20.8. The Morgan fingerprint density at radius 3 is 2.68 bits per heavy atom. The summed E-state index contributed by atoms with van der Waals surface area (Å²) in [5, 5.41) is 0. The average molecular weight is 495 g/mol. The van der Waals surface area contributed by atoms with Crippen LogP contribution >= 0.6 is 23.0 Å². The predicted molar refractivity (Wildman–Crippen MR) is 118 cm³/mol. The highest BCUT2D eigenvalue weighted by atomic mass is 127. The second-order valence-electron chi connectivity index (χ2n) is 8.08. The van der Waals surface area contributed by atoms with Gasteiger partial charge in [0.1, 0.15) is 17.3 Å². The highest BCUT2D eigenvalue weighted by Crippen LogP contribution is 2.31. The van der Waals surface area contributed by atoms with E-state index in [4.69, 9.17) is 13.0 Å². The van der Waals surface area contributed by atoms with Crippen molar-refractivity contribution in [2.45, 2.75) is 45.6 Å². The Balaban J connectivity index is 1.94. The van der Waals surface area contributed by atoms with Gasteiger partial charge in [0.15, 0.2) is 28.8 Å². The van der Waals surface area contributed by atoms with Crippen LogP contribution in [-0.4, -0.2) is 51.9 Å². The molecule has 2 aromatic rings. The number of aromatic nitrogens is 3. The number of pyridine rings is 1. The molecule has 7 nitrogen and oxygen atoms in total. The van der Waals surface area contributed by atoms with Gasteiger partial charge in [0, 0.05) is 43.2 Å². The zero-order chi connectivity index (χ0) is 20.5. The van der Waals surface area contributed by atoms with Crippen LogP contribution in [0.3, 0.4) is 0 Å².